The van der Waals surface area contributed by atoms with Gasteiger partial charge in [0.1, 0.15) is 5.78 Å². The summed E-state index contributed by atoms with van der Waals surface area (Å²) in [5.41, 5.74) is 5.68. The van der Waals surface area contributed by atoms with Crippen LogP contribution in [0.3, 0.4) is 0 Å². The van der Waals surface area contributed by atoms with E-state index >= 15 is 0 Å². The number of ether oxygens (including phenoxy) is 1. The minimum atomic E-state index is 0.145. The molecule has 0 aromatic rings. The van der Waals surface area contributed by atoms with Gasteiger partial charge in [0, 0.05) is 18.9 Å². The van der Waals surface area contributed by atoms with Gasteiger partial charge in [-0.3, -0.25) is 4.79 Å². The summed E-state index contributed by atoms with van der Waals surface area (Å²) in [5, 5.41) is 0. The molecule has 1 rings (SSSR count). The third-order valence-electron chi connectivity index (χ3n) is 3.01. The van der Waals surface area contributed by atoms with Crippen LogP contribution in [0.4, 0.5) is 0 Å². The van der Waals surface area contributed by atoms with Crippen LogP contribution in [-0.2, 0) is 9.53 Å². The summed E-state index contributed by atoms with van der Waals surface area (Å²) in [4.78, 5) is 11.9. The predicted octanol–water partition coefficient (Wildman–Crippen LogP) is 1.60. The molecule has 0 aromatic heterocycles. The van der Waals surface area contributed by atoms with Crippen molar-refractivity contribution >= 4 is 5.78 Å². The first-order chi connectivity index (χ1) is 7.13. The Labute approximate surface area is 92.4 Å². The summed E-state index contributed by atoms with van der Waals surface area (Å²) in [6.45, 7) is 6.33. The lowest BCUT2D eigenvalue weighted by molar-refractivity contribution is -0.123. The molecule has 1 aliphatic rings. The number of ketones is 1. The third-order valence-corrected chi connectivity index (χ3v) is 3.01. The first kappa shape index (κ1) is 12.7. The highest BCUT2D eigenvalue weighted by atomic mass is 16.5. The number of carbonyl (C=O) groups excluding carboxylic acids is 1. The van der Waals surface area contributed by atoms with E-state index in [0.29, 0.717) is 37.2 Å². The Hall–Kier alpha value is -0.410. The molecule has 1 heterocycles. The average Bonchev–Trinajstić information content (AvgIpc) is 2.68. The molecule has 0 amide bonds. The van der Waals surface area contributed by atoms with E-state index in [0.717, 1.165) is 19.4 Å². The number of rotatable bonds is 6. The molecule has 0 aliphatic carbocycles. The molecule has 2 N–H and O–H groups in total. The van der Waals surface area contributed by atoms with E-state index in [1.807, 2.05) is 0 Å². The van der Waals surface area contributed by atoms with Crippen LogP contribution in [0.5, 0.6) is 0 Å². The fourth-order valence-electron chi connectivity index (χ4n) is 2.17. The van der Waals surface area contributed by atoms with Gasteiger partial charge in [-0.2, -0.15) is 0 Å². The molecule has 1 fully saturated rings. The van der Waals surface area contributed by atoms with Gasteiger partial charge >= 0.3 is 0 Å². The maximum absolute atomic E-state index is 11.9. The normalized spacial score (nSPS) is 23.3. The van der Waals surface area contributed by atoms with E-state index in [1.54, 1.807) is 0 Å². The Morgan fingerprint density at radius 1 is 1.53 bits per heavy atom. The standard InChI is InChI=1S/C12H23NO2/c1-9(2)5-10(7-13)6-12(14)11-3-4-15-8-11/h9-11H,3-8,13H2,1-2H3. The Kier molecular flexibility index (Phi) is 5.26. The summed E-state index contributed by atoms with van der Waals surface area (Å²) in [5.74, 6) is 1.47. The summed E-state index contributed by atoms with van der Waals surface area (Å²) in [6, 6.07) is 0. The van der Waals surface area contributed by atoms with Gasteiger partial charge in [-0.1, -0.05) is 13.8 Å². The third kappa shape index (κ3) is 4.31. The molecular formula is C12H23NO2. The van der Waals surface area contributed by atoms with Crippen molar-refractivity contribution in [3.05, 3.63) is 0 Å². The molecule has 0 saturated carbocycles. The van der Waals surface area contributed by atoms with Gasteiger partial charge in [-0.05, 0) is 31.2 Å². The molecule has 2 unspecified atom stereocenters. The average molecular weight is 213 g/mol. The minimum absolute atomic E-state index is 0.145. The number of Topliss-reactive ketones (excluding diaryl/α,β-unsaturated/α-hetero) is 1. The quantitative estimate of drug-likeness (QED) is 0.729. The smallest absolute Gasteiger partial charge is 0.138 e. The van der Waals surface area contributed by atoms with Gasteiger partial charge < -0.3 is 10.5 Å². The lowest BCUT2D eigenvalue weighted by Gasteiger charge is -2.17. The first-order valence-electron chi connectivity index (χ1n) is 5.94. The summed E-state index contributed by atoms with van der Waals surface area (Å²) >= 11 is 0. The number of hydrogen-bond acceptors (Lipinski definition) is 3. The molecule has 0 aromatic carbocycles. The second-order valence-electron chi connectivity index (χ2n) is 4.96. The van der Waals surface area contributed by atoms with Crippen LogP contribution < -0.4 is 5.73 Å². The van der Waals surface area contributed by atoms with E-state index in [1.165, 1.54) is 0 Å². The number of nitrogens with two attached hydrogens (primary N) is 1. The molecule has 0 radical (unpaired) electrons. The SMILES string of the molecule is CC(C)CC(CN)CC(=O)C1CCOC1. The van der Waals surface area contributed by atoms with Crippen molar-refractivity contribution in [2.75, 3.05) is 19.8 Å². The zero-order chi connectivity index (χ0) is 11.3. The van der Waals surface area contributed by atoms with E-state index in [9.17, 15) is 4.79 Å². The molecule has 3 heteroatoms. The lowest BCUT2D eigenvalue weighted by atomic mass is 9.88. The van der Waals surface area contributed by atoms with Gasteiger partial charge in [0.25, 0.3) is 0 Å². The van der Waals surface area contributed by atoms with Gasteiger partial charge in [0.2, 0.25) is 0 Å². The van der Waals surface area contributed by atoms with Crippen LogP contribution in [-0.4, -0.2) is 25.5 Å². The summed E-state index contributed by atoms with van der Waals surface area (Å²) in [6.07, 6.45) is 2.59. The van der Waals surface area contributed by atoms with Crippen LogP contribution in [0, 0.1) is 17.8 Å². The lowest BCUT2D eigenvalue weighted by Crippen LogP contribution is -2.24. The highest BCUT2D eigenvalue weighted by Crippen LogP contribution is 2.21. The maximum Gasteiger partial charge on any atom is 0.138 e. The maximum atomic E-state index is 11.9. The second kappa shape index (κ2) is 6.23. The van der Waals surface area contributed by atoms with Crippen LogP contribution in [0.1, 0.15) is 33.1 Å². The Balaban J connectivity index is 2.33. The van der Waals surface area contributed by atoms with Crippen molar-refractivity contribution in [3.63, 3.8) is 0 Å². The van der Waals surface area contributed by atoms with Crippen LogP contribution in [0.2, 0.25) is 0 Å². The Morgan fingerprint density at radius 3 is 2.73 bits per heavy atom. The number of hydrogen-bond donors (Lipinski definition) is 1. The molecule has 88 valence electrons. The van der Waals surface area contributed by atoms with Crippen molar-refractivity contribution in [1.29, 1.82) is 0 Å². The zero-order valence-corrected chi connectivity index (χ0v) is 9.87. The Bertz CT molecular complexity index is 198. The van der Waals surface area contributed by atoms with Crippen molar-refractivity contribution in [1.82, 2.24) is 0 Å². The van der Waals surface area contributed by atoms with Gasteiger partial charge in [0.05, 0.1) is 6.61 Å². The van der Waals surface area contributed by atoms with E-state index in [-0.39, 0.29) is 5.92 Å². The zero-order valence-electron chi connectivity index (χ0n) is 9.87. The van der Waals surface area contributed by atoms with Crippen molar-refractivity contribution < 1.29 is 9.53 Å². The van der Waals surface area contributed by atoms with Gasteiger partial charge in [-0.15, -0.1) is 0 Å². The number of carbonyl (C=O) groups is 1. The minimum Gasteiger partial charge on any atom is -0.381 e. The van der Waals surface area contributed by atoms with E-state index in [4.69, 9.17) is 10.5 Å². The van der Waals surface area contributed by atoms with E-state index < -0.39 is 0 Å². The monoisotopic (exact) mass is 213 g/mol. The highest BCUT2D eigenvalue weighted by Gasteiger charge is 2.25. The molecule has 3 nitrogen and oxygen atoms in total. The molecule has 0 bridgehead atoms. The molecule has 1 saturated heterocycles. The fraction of sp³-hybridized carbons (Fsp3) is 0.917. The summed E-state index contributed by atoms with van der Waals surface area (Å²) < 4.78 is 5.22. The molecule has 0 spiro atoms. The first-order valence-corrected chi connectivity index (χ1v) is 5.94. The molecule has 1 aliphatic heterocycles. The fourth-order valence-corrected chi connectivity index (χ4v) is 2.17. The van der Waals surface area contributed by atoms with Crippen molar-refractivity contribution in [2.24, 2.45) is 23.5 Å². The topological polar surface area (TPSA) is 52.3 Å². The van der Waals surface area contributed by atoms with Gasteiger partial charge in [0.15, 0.2) is 0 Å². The molecular weight excluding hydrogens is 190 g/mol. The van der Waals surface area contributed by atoms with Crippen molar-refractivity contribution in [3.8, 4) is 0 Å². The van der Waals surface area contributed by atoms with Crippen LogP contribution in [0.15, 0.2) is 0 Å². The molecule has 2 atom stereocenters. The highest BCUT2D eigenvalue weighted by molar-refractivity contribution is 5.81. The second-order valence-corrected chi connectivity index (χ2v) is 4.96. The molecule has 15 heavy (non-hydrogen) atoms. The Morgan fingerprint density at radius 2 is 2.27 bits per heavy atom. The van der Waals surface area contributed by atoms with Crippen LogP contribution in [0.25, 0.3) is 0 Å². The predicted molar refractivity (Wildman–Crippen MR) is 60.5 cm³/mol. The summed E-state index contributed by atoms with van der Waals surface area (Å²) in [7, 11) is 0. The van der Waals surface area contributed by atoms with E-state index in [2.05, 4.69) is 13.8 Å². The van der Waals surface area contributed by atoms with Crippen LogP contribution >= 0.6 is 0 Å². The van der Waals surface area contributed by atoms with Crippen molar-refractivity contribution in [2.45, 2.75) is 33.1 Å². The largest absolute Gasteiger partial charge is 0.381 e. The van der Waals surface area contributed by atoms with Gasteiger partial charge in [-0.25, -0.2) is 0 Å².